The number of nitrogens with zero attached hydrogens (tertiary/aromatic N) is 5. The van der Waals surface area contributed by atoms with E-state index in [0.29, 0.717) is 38.0 Å². The zero-order valence-corrected chi connectivity index (χ0v) is 24.0. The normalized spacial score (nSPS) is 19.6. The highest BCUT2D eigenvalue weighted by atomic mass is 16.5. The lowest BCUT2D eigenvalue weighted by atomic mass is 9.81. The van der Waals surface area contributed by atoms with Gasteiger partial charge in [0.1, 0.15) is 6.61 Å². The molecule has 0 saturated carbocycles. The smallest absolute Gasteiger partial charge is 0.323 e. The lowest BCUT2D eigenvalue weighted by Crippen LogP contribution is -2.67. The molecule has 1 aromatic heterocycles. The lowest BCUT2D eigenvalue weighted by molar-refractivity contribution is -0.139. The molecule has 10 nitrogen and oxygen atoms in total. The van der Waals surface area contributed by atoms with Crippen molar-refractivity contribution in [3.8, 4) is 17.8 Å². The fraction of sp³-hybridized carbons (Fsp3) is 0.452. The van der Waals surface area contributed by atoms with E-state index in [9.17, 15) is 9.90 Å². The van der Waals surface area contributed by atoms with Crippen LogP contribution in [0.25, 0.3) is 0 Å². The molecule has 0 spiro atoms. The highest BCUT2D eigenvalue weighted by Crippen LogP contribution is 2.37. The summed E-state index contributed by atoms with van der Waals surface area (Å²) in [7, 11) is 3.17. The van der Waals surface area contributed by atoms with E-state index in [-0.39, 0.29) is 29.9 Å². The van der Waals surface area contributed by atoms with Crippen molar-refractivity contribution in [3.63, 3.8) is 0 Å². The minimum absolute atomic E-state index is 0.0773. The number of amides is 1. The molecule has 218 valence electrons. The van der Waals surface area contributed by atoms with Crippen LogP contribution in [0.5, 0.6) is 17.8 Å². The molecule has 2 atom stereocenters. The number of methoxy groups -OCH3 is 2. The Hall–Kier alpha value is -3.73. The summed E-state index contributed by atoms with van der Waals surface area (Å²) in [4.78, 5) is 28.2. The Labute approximate surface area is 241 Å². The van der Waals surface area contributed by atoms with Crippen LogP contribution in [0, 0.1) is 0 Å². The summed E-state index contributed by atoms with van der Waals surface area (Å²) < 4.78 is 16.9. The van der Waals surface area contributed by atoms with Crippen molar-refractivity contribution in [2.24, 2.45) is 0 Å². The largest absolute Gasteiger partial charge is 0.481 e. The van der Waals surface area contributed by atoms with Gasteiger partial charge in [0.05, 0.1) is 26.4 Å². The van der Waals surface area contributed by atoms with Crippen molar-refractivity contribution in [2.45, 2.75) is 31.5 Å². The first-order valence-electron chi connectivity index (χ1n) is 14.1. The third kappa shape index (κ3) is 6.29. The Morgan fingerprint density at radius 1 is 0.927 bits per heavy atom. The molecular weight excluding hydrogens is 522 g/mol. The van der Waals surface area contributed by atoms with Crippen LogP contribution >= 0.6 is 0 Å². The summed E-state index contributed by atoms with van der Waals surface area (Å²) in [5.74, 6) is 0.720. The molecule has 2 fully saturated rings. The molecule has 2 aliphatic rings. The number of aliphatic hydroxyl groups is 1. The number of hydrogen-bond acceptors (Lipinski definition) is 9. The maximum absolute atomic E-state index is 12.5. The number of aliphatic hydroxyl groups excluding tert-OH is 1. The number of carbonyl (C=O) groups excluding carboxylic acids is 1. The van der Waals surface area contributed by atoms with Crippen molar-refractivity contribution in [3.05, 3.63) is 77.4 Å². The van der Waals surface area contributed by atoms with Crippen molar-refractivity contribution < 1.29 is 24.1 Å². The second kappa shape index (κ2) is 13.3. The Morgan fingerprint density at radius 3 is 2.07 bits per heavy atom. The Morgan fingerprint density at radius 2 is 1.54 bits per heavy atom. The van der Waals surface area contributed by atoms with Crippen molar-refractivity contribution in [1.82, 2.24) is 24.7 Å². The van der Waals surface area contributed by atoms with Crippen LogP contribution in [-0.4, -0.2) is 108 Å². The average molecular weight is 562 g/mol. The van der Waals surface area contributed by atoms with E-state index >= 15 is 0 Å². The van der Waals surface area contributed by atoms with Gasteiger partial charge in [-0.05, 0) is 18.1 Å². The van der Waals surface area contributed by atoms with Gasteiger partial charge < -0.3 is 24.2 Å². The summed E-state index contributed by atoms with van der Waals surface area (Å²) in [5, 5.41) is 9.58. The molecule has 1 N–H and O–H groups in total. The lowest BCUT2D eigenvalue weighted by Gasteiger charge is -2.53. The highest BCUT2D eigenvalue weighted by molar-refractivity contribution is 5.77. The van der Waals surface area contributed by atoms with Crippen molar-refractivity contribution >= 4 is 5.91 Å². The van der Waals surface area contributed by atoms with Gasteiger partial charge in [0.15, 0.2) is 0 Å². The first-order chi connectivity index (χ1) is 20.1. The van der Waals surface area contributed by atoms with Crippen LogP contribution in [0.1, 0.15) is 29.5 Å². The van der Waals surface area contributed by atoms with E-state index in [2.05, 4.69) is 68.3 Å². The van der Waals surface area contributed by atoms with Gasteiger partial charge in [-0.25, -0.2) is 0 Å². The zero-order chi connectivity index (χ0) is 28.8. The third-order valence-corrected chi connectivity index (χ3v) is 8.01. The fourth-order valence-electron chi connectivity index (χ4n) is 6.24. The molecule has 10 heteroatoms. The van der Waals surface area contributed by atoms with E-state index in [1.165, 1.54) is 11.1 Å². The molecule has 0 radical (unpaired) electrons. The first-order valence-corrected chi connectivity index (χ1v) is 14.1. The van der Waals surface area contributed by atoms with Crippen LogP contribution in [0.3, 0.4) is 0 Å². The number of piperazine rings is 2. The van der Waals surface area contributed by atoms with Crippen LogP contribution in [-0.2, 0) is 11.3 Å². The Bertz CT molecular complexity index is 1230. The standard InChI is InChI=1S/C31H39N5O5/c1-4-41-31-32-29(39-2)25(30(33-31)40-3)19-34-17-24-18-35(27(38)21-37)15-16-36(24)26(20-34)28(22-11-7-5-8-12-22)23-13-9-6-10-14-23/h5-14,24,26,28,37H,4,15-21H2,1-3H3/t24-,26+/m1/s1. The van der Waals surface area contributed by atoms with Gasteiger partial charge >= 0.3 is 6.01 Å². The number of fused-ring (bicyclic) bond motifs is 1. The average Bonchev–Trinajstić information content (AvgIpc) is 3.02. The molecular formula is C31H39N5O5. The van der Waals surface area contributed by atoms with Gasteiger partial charge in [-0.15, -0.1) is 0 Å². The second-order valence-electron chi connectivity index (χ2n) is 10.4. The minimum atomic E-state index is -0.478. The maximum Gasteiger partial charge on any atom is 0.323 e. The van der Waals surface area contributed by atoms with Gasteiger partial charge in [0.2, 0.25) is 17.7 Å². The van der Waals surface area contributed by atoms with Gasteiger partial charge in [0.25, 0.3) is 0 Å². The molecule has 0 bridgehead atoms. The molecule has 1 amide bonds. The maximum atomic E-state index is 12.5. The summed E-state index contributed by atoms with van der Waals surface area (Å²) in [6, 6.07) is 21.7. The number of hydrogen-bond donors (Lipinski definition) is 1. The molecule has 3 heterocycles. The van der Waals surface area contributed by atoms with E-state index in [0.717, 1.165) is 25.2 Å². The molecule has 2 saturated heterocycles. The van der Waals surface area contributed by atoms with Crippen LogP contribution < -0.4 is 14.2 Å². The molecule has 2 aromatic carbocycles. The predicted octanol–water partition coefficient (Wildman–Crippen LogP) is 2.41. The van der Waals surface area contributed by atoms with Gasteiger partial charge in [-0.1, -0.05) is 60.7 Å². The number of aromatic nitrogens is 2. The van der Waals surface area contributed by atoms with Crippen molar-refractivity contribution in [1.29, 1.82) is 0 Å². The van der Waals surface area contributed by atoms with E-state index in [1.54, 1.807) is 19.1 Å². The monoisotopic (exact) mass is 561 g/mol. The molecule has 5 rings (SSSR count). The summed E-state index contributed by atoms with van der Waals surface area (Å²) >= 11 is 0. The summed E-state index contributed by atoms with van der Waals surface area (Å²) in [6.07, 6.45) is 0. The Kier molecular flexibility index (Phi) is 9.33. The van der Waals surface area contributed by atoms with Gasteiger partial charge in [-0.2, -0.15) is 9.97 Å². The van der Waals surface area contributed by atoms with Crippen LogP contribution in [0.15, 0.2) is 60.7 Å². The van der Waals surface area contributed by atoms with E-state index in [4.69, 9.17) is 14.2 Å². The van der Waals surface area contributed by atoms with E-state index < -0.39 is 6.61 Å². The molecule has 0 unspecified atom stereocenters. The highest BCUT2D eigenvalue weighted by Gasteiger charge is 2.43. The molecule has 0 aliphatic carbocycles. The van der Waals surface area contributed by atoms with E-state index in [1.807, 2.05) is 19.1 Å². The zero-order valence-electron chi connectivity index (χ0n) is 24.0. The van der Waals surface area contributed by atoms with Crippen LogP contribution in [0.2, 0.25) is 0 Å². The SMILES string of the molecule is CCOc1nc(OC)c(CN2C[C@@H]3CN(C(=O)CO)CCN3[C@H](C(c3ccccc3)c3ccccc3)C2)c(OC)n1. The van der Waals surface area contributed by atoms with Gasteiger partial charge in [0, 0.05) is 57.3 Å². The second-order valence-corrected chi connectivity index (χ2v) is 10.4. The molecule has 2 aliphatic heterocycles. The number of carbonyl (C=O) groups is 1. The summed E-state index contributed by atoms with van der Waals surface area (Å²) in [5.41, 5.74) is 3.25. The minimum Gasteiger partial charge on any atom is -0.481 e. The number of benzene rings is 2. The Balaban J connectivity index is 1.53. The molecule has 41 heavy (non-hydrogen) atoms. The van der Waals surface area contributed by atoms with Crippen molar-refractivity contribution in [2.75, 3.05) is 60.2 Å². The predicted molar refractivity (Wildman–Crippen MR) is 154 cm³/mol. The van der Waals surface area contributed by atoms with Gasteiger partial charge in [-0.3, -0.25) is 14.6 Å². The first kappa shape index (κ1) is 28.8. The molecule has 3 aromatic rings. The third-order valence-electron chi connectivity index (χ3n) is 8.01. The fourth-order valence-corrected chi connectivity index (χ4v) is 6.24. The number of rotatable bonds is 10. The quantitative estimate of drug-likeness (QED) is 0.400. The number of ether oxygens (including phenoxy) is 3. The topological polar surface area (TPSA) is 100 Å². The van der Waals surface area contributed by atoms with Crippen LogP contribution in [0.4, 0.5) is 0 Å². The summed E-state index contributed by atoms with van der Waals surface area (Å²) in [6.45, 7) is 5.72.